The van der Waals surface area contributed by atoms with Crippen molar-refractivity contribution in [2.24, 2.45) is 0 Å². The second kappa shape index (κ2) is 6.15. The van der Waals surface area contributed by atoms with Crippen molar-refractivity contribution in [1.29, 1.82) is 0 Å². The SMILES string of the molecule is COc1cc2cccc(N3CCNCC3)c2oc1=O.Cl. The van der Waals surface area contributed by atoms with Crippen LogP contribution in [0.2, 0.25) is 0 Å². The van der Waals surface area contributed by atoms with Gasteiger partial charge in [-0.05, 0) is 12.1 Å². The molecule has 3 rings (SSSR count). The molecule has 1 aromatic heterocycles. The number of para-hydroxylation sites is 1. The smallest absolute Gasteiger partial charge is 0.379 e. The Labute approximate surface area is 122 Å². The second-order valence-electron chi connectivity index (χ2n) is 4.53. The number of fused-ring (bicyclic) bond motifs is 1. The minimum atomic E-state index is -0.433. The van der Waals surface area contributed by atoms with Crippen LogP contribution in [0, 0.1) is 0 Å². The Kier molecular flexibility index (Phi) is 4.52. The molecule has 0 atom stereocenters. The van der Waals surface area contributed by atoms with E-state index in [9.17, 15) is 4.79 Å². The fourth-order valence-electron chi connectivity index (χ4n) is 2.41. The zero-order valence-corrected chi connectivity index (χ0v) is 12.0. The van der Waals surface area contributed by atoms with E-state index >= 15 is 0 Å². The highest BCUT2D eigenvalue weighted by Gasteiger charge is 2.16. The predicted molar refractivity (Wildman–Crippen MR) is 81.4 cm³/mol. The Morgan fingerprint density at radius 1 is 1.30 bits per heavy atom. The summed E-state index contributed by atoms with van der Waals surface area (Å²) in [6.07, 6.45) is 0. The molecule has 1 aromatic carbocycles. The lowest BCUT2D eigenvalue weighted by Crippen LogP contribution is -2.43. The summed E-state index contributed by atoms with van der Waals surface area (Å²) in [6, 6.07) is 7.61. The normalized spacial score (nSPS) is 14.9. The summed E-state index contributed by atoms with van der Waals surface area (Å²) in [5.41, 5.74) is 1.17. The van der Waals surface area contributed by atoms with Gasteiger partial charge in [0.05, 0.1) is 12.8 Å². The fourth-order valence-corrected chi connectivity index (χ4v) is 2.41. The number of anilines is 1. The molecule has 2 aromatic rings. The highest BCUT2D eigenvalue weighted by molar-refractivity contribution is 5.89. The molecule has 0 radical (unpaired) electrons. The minimum absolute atomic E-state index is 0. The molecule has 0 bridgehead atoms. The van der Waals surface area contributed by atoms with E-state index in [0.29, 0.717) is 5.58 Å². The summed E-state index contributed by atoms with van der Waals surface area (Å²) in [5.74, 6) is 0.241. The lowest BCUT2D eigenvalue weighted by molar-refractivity contribution is 0.385. The predicted octanol–water partition coefficient (Wildman–Crippen LogP) is 1.63. The molecule has 0 aliphatic carbocycles. The third-order valence-corrected chi connectivity index (χ3v) is 3.38. The van der Waals surface area contributed by atoms with Gasteiger partial charge in [-0.25, -0.2) is 4.79 Å². The molecule has 1 fully saturated rings. The number of hydrogen-bond donors (Lipinski definition) is 1. The number of rotatable bonds is 2. The van der Waals surface area contributed by atoms with Crippen molar-refractivity contribution in [2.75, 3.05) is 38.2 Å². The van der Waals surface area contributed by atoms with Crippen LogP contribution in [0.4, 0.5) is 5.69 Å². The molecule has 5 nitrogen and oxygen atoms in total. The molecule has 108 valence electrons. The monoisotopic (exact) mass is 296 g/mol. The molecule has 0 amide bonds. The van der Waals surface area contributed by atoms with Crippen molar-refractivity contribution in [2.45, 2.75) is 0 Å². The van der Waals surface area contributed by atoms with Crippen LogP contribution < -0.4 is 20.6 Å². The molecule has 20 heavy (non-hydrogen) atoms. The van der Waals surface area contributed by atoms with E-state index in [-0.39, 0.29) is 18.2 Å². The number of nitrogens with one attached hydrogen (secondary N) is 1. The second-order valence-corrected chi connectivity index (χ2v) is 4.53. The number of benzene rings is 1. The van der Waals surface area contributed by atoms with E-state index in [2.05, 4.69) is 10.2 Å². The number of halogens is 1. The van der Waals surface area contributed by atoms with Gasteiger partial charge in [0.15, 0.2) is 5.58 Å². The van der Waals surface area contributed by atoms with Crippen LogP contribution in [-0.4, -0.2) is 33.3 Å². The van der Waals surface area contributed by atoms with Crippen molar-refractivity contribution in [3.05, 3.63) is 34.7 Å². The molecule has 1 aliphatic heterocycles. The number of ether oxygens (including phenoxy) is 1. The average molecular weight is 297 g/mol. The first-order chi connectivity index (χ1) is 9.29. The van der Waals surface area contributed by atoms with Gasteiger partial charge >= 0.3 is 5.63 Å². The van der Waals surface area contributed by atoms with Crippen LogP contribution in [0.15, 0.2) is 33.5 Å². The van der Waals surface area contributed by atoms with Gasteiger partial charge in [0.25, 0.3) is 0 Å². The quantitative estimate of drug-likeness (QED) is 0.854. The third-order valence-electron chi connectivity index (χ3n) is 3.38. The molecular weight excluding hydrogens is 280 g/mol. The summed E-state index contributed by atoms with van der Waals surface area (Å²) in [5, 5.41) is 4.19. The van der Waals surface area contributed by atoms with E-state index in [1.54, 1.807) is 6.07 Å². The maximum Gasteiger partial charge on any atom is 0.379 e. The van der Waals surface area contributed by atoms with E-state index in [1.165, 1.54) is 7.11 Å². The molecule has 1 aliphatic rings. The molecule has 1 saturated heterocycles. The van der Waals surface area contributed by atoms with Crippen molar-refractivity contribution < 1.29 is 9.15 Å². The number of nitrogens with zero attached hydrogens (tertiary/aromatic N) is 1. The summed E-state index contributed by atoms with van der Waals surface area (Å²) in [6.45, 7) is 3.71. The first kappa shape index (κ1) is 14.7. The van der Waals surface area contributed by atoms with Gasteiger partial charge in [-0.1, -0.05) is 12.1 Å². The van der Waals surface area contributed by atoms with Crippen LogP contribution in [0.1, 0.15) is 0 Å². The first-order valence-electron chi connectivity index (χ1n) is 6.36. The maximum absolute atomic E-state index is 11.8. The van der Waals surface area contributed by atoms with Gasteiger partial charge < -0.3 is 19.4 Å². The highest BCUT2D eigenvalue weighted by Crippen LogP contribution is 2.27. The zero-order valence-electron chi connectivity index (χ0n) is 11.2. The standard InChI is InChI=1S/C14H16N2O3.ClH/c1-18-12-9-10-3-2-4-11(13(10)19-14(12)17)16-7-5-15-6-8-16;/h2-4,9,15H,5-8H2,1H3;1H. The summed E-state index contributed by atoms with van der Waals surface area (Å²) in [4.78, 5) is 14.0. The van der Waals surface area contributed by atoms with Gasteiger partial charge in [0, 0.05) is 31.6 Å². The molecule has 2 heterocycles. The van der Waals surface area contributed by atoms with Gasteiger partial charge in [0.2, 0.25) is 5.75 Å². The molecule has 0 unspecified atom stereocenters. The van der Waals surface area contributed by atoms with Crippen LogP contribution in [0.5, 0.6) is 5.75 Å². The molecule has 0 spiro atoms. The fraction of sp³-hybridized carbons (Fsp3) is 0.357. The maximum atomic E-state index is 11.8. The number of piperazine rings is 1. The van der Waals surface area contributed by atoms with Crippen LogP contribution in [0.3, 0.4) is 0 Å². The summed E-state index contributed by atoms with van der Waals surface area (Å²) < 4.78 is 10.4. The Morgan fingerprint density at radius 2 is 2.05 bits per heavy atom. The average Bonchev–Trinajstić information content (AvgIpc) is 2.47. The molecule has 1 N–H and O–H groups in total. The third kappa shape index (κ3) is 2.59. The van der Waals surface area contributed by atoms with E-state index in [1.807, 2.05) is 18.2 Å². The molecular formula is C14H17ClN2O3. The van der Waals surface area contributed by atoms with Crippen molar-refractivity contribution in [3.8, 4) is 5.75 Å². The van der Waals surface area contributed by atoms with Gasteiger partial charge in [0.1, 0.15) is 0 Å². The van der Waals surface area contributed by atoms with E-state index in [0.717, 1.165) is 37.3 Å². The van der Waals surface area contributed by atoms with Crippen LogP contribution in [0.25, 0.3) is 11.0 Å². The largest absolute Gasteiger partial charge is 0.490 e. The van der Waals surface area contributed by atoms with Gasteiger partial charge in [-0.15, -0.1) is 12.4 Å². The summed E-state index contributed by atoms with van der Waals surface area (Å²) >= 11 is 0. The highest BCUT2D eigenvalue weighted by atomic mass is 35.5. The topological polar surface area (TPSA) is 54.7 Å². The van der Waals surface area contributed by atoms with Crippen LogP contribution in [-0.2, 0) is 0 Å². The summed E-state index contributed by atoms with van der Waals surface area (Å²) in [7, 11) is 1.47. The van der Waals surface area contributed by atoms with Gasteiger partial charge in [-0.2, -0.15) is 0 Å². The van der Waals surface area contributed by atoms with Crippen LogP contribution >= 0.6 is 12.4 Å². The minimum Gasteiger partial charge on any atom is -0.490 e. The number of hydrogen-bond acceptors (Lipinski definition) is 5. The Hall–Kier alpha value is -1.72. The lowest BCUT2D eigenvalue weighted by atomic mass is 10.2. The van der Waals surface area contributed by atoms with Crippen molar-refractivity contribution >= 4 is 29.1 Å². The number of methoxy groups -OCH3 is 1. The lowest BCUT2D eigenvalue weighted by Gasteiger charge is -2.29. The molecule has 6 heteroatoms. The van der Waals surface area contributed by atoms with Crippen molar-refractivity contribution in [1.82, 2.24) is 5.32 Å². The van der Waals surface area contributed by atoms with E-state index < -0.39 is 5.63 Å². The molecule has 0 saturated carbocycles. The van der Waals surface area contributed by atoms with E-state index in [4.69, 9.17) is 9.15 Å². The zero-order chi connectivity index (χ0) is 13.2. The Balaban J connectivity index is 0.00000147. The van der Waals surface area contributed by atoms with Crippen molar-refractivity contribution in [3.63, 3.8) is 0 Å². The van der Waals surface area contributed by atoms with Gasteiger partial charge in [-0.3, -0.25) is 0 Å². The Morgan fingerprint density at radius 3 is 2.75 bits per heavy atom. The Bertz CT molecular complexity index is 650. The first-order valence-corrected chi connectivity index (χ1v) is 6.36.